The molecule has 5 nitrogen and oxygen atoms in total. The molecule has 5 heteroatoms. The largest absolute Gasteiger partial charge is 0.324 e. The number of anilines is 2. The predicted molar refractivity (Wildman–Crippen MR) is 112 cm³/mol. The minimum absolute atomic E-state index is 0.00731. The van der Waals surface area contributed by atoms with Crippen molar-refractivity contribution in [2.45, 2.75) is 39.5 Å². The van der Waals surface area contributed by atoms with Gasteiger partial charge in [-0.05, 0) is 55.9 Å². The number of carbonyl (C=O) groups excluding carboxylic acids is 2. The van der Waals surface area contributed by atoms with Gasteiger partial charge in [0.2, 0.25) is 11.8 Å². The average Bonchev–Trinajstić information content (AvgIpc) is 3.12. The number of fused-ring (bicyclic) bond motifs is 2. The summed E-state index contributed by atoms with van der Waals surface area (Å²) in [5.74, 6) is -0.407. The third-order valence-corrected chi connectivity index (χ3v) is 5.63. The molecule has 2 aliphatic rings. The molecular formula is C23H25N3O2. The van der Waals surface area contributed by atoms with E-state index in [0.29, 0.717) is 5.69 Å². The normalized spacial score (nSPS) is 18.2. The third kappa shape index (κ3) is 3.33. The topological polar surface area (TPSA) is 61.8 Å². The van der Waals surface area contributed by atoms with E-state index in [4.69, 9.17) is 4.99 Å². The quantitative estimate of drug-likeness (QED) is 0.860. The maximum Gasteiger partial charge on any atom is 0.244 e. The Bertz CT molecular complexity index is 964. The average molecular weight is 375 g/mol. The van der Waals surface area contributed by atoms with E-state index in [1.54, 1.807) is 4.90 Å². The molecule has 4 rings (SSSR count). The molecule has 144 valence electrons. The van der Waals surface area contributed by atoms with Gasteiger partial charge in [0, 0.05) is 11.4 Å². The van der Waals surface area contributed by atoms with Crippen molar-refractivity contribution < 1.29 is 9.59 Å². The third-order valence-electron chi connectivity index (χ3n) is 5.63. The van der Waals surface area contributed by atoms with Gasteiger partial charge in [0.15, 0.2) is 0 Å². The Morgan fingerprint density at radius 3 is 2.86 bits per heavy atom. The first-order chi connectivity index (χ1) is 13.6. The zero-order valence-corrected chi connectivity index (χ0v) is 16.4. The highest BCUT2D eigenvalue weighted by molar-refractivity contribution is 6.16. The van der Waals surface area contributed by atoms with E-state index in [9.17, 15) is 9.59 Å². The minimum Gasteiger partial charge on any atom is -0.324 e. The van der Waals surface area contributed by atoms with Crippen LogP contribution in [0.4, 0.5) is 17.1 Å². The summed E-state index contributed by atoms with van der Waals surface area (Å²) in [5.41, 5.74) is 5.41. The first kappa shape index (κ1) is 18.4. The molecule has 2 aromatic rings. The number of para-hydroxylation sites is 3. The number of aryl methyl sites for hydroxylation is 2. The van der Waals surface area contributed by atoms with Crippen molar-refractivity contribution in [3.8, 4) is 0 Å². The second-order valence-corrected chi connectivity index (χ2v) is 7.47. The van der Waals surface area contributed by atoms with Gasteiger partial charge < -0.3 is 10.2 Å². The molecule has 0 aromatic heterocycles. The second kappa shape index (κ2) is 7.58. The summed E-state index contributed by atoms with van der Waals surface area (Å²) in [4.78, 5) is 32.5. The van der Waals surface area contributed by atoms with Crippen LogP contribution in [0.25, 0.3) is 0 Å². The monoisotopic (exact) mass is 375 g/mol. The Morgan fingerprint density at radius 2 is 2.04 bits per heavy atom. The molecular weight excluding hydrogens is 350 g/mol. The molecule has 28 heavy (non-hydrogen) atoms. The highest BCUT2D eigenvalue weighted by atomic mass is 16.2. The molecule has 2 amide bonds. The van der Waals surface area contributed by atoms with Crippen LogP contribution in [-0.4, -0.2) is 24.1 Å². The van der Waals surface area contributed by atoms with Gasteiger partial charge in [-0.1, -0.05) is 37.3 Å². The molecule has 0 radical (unpaired) electrons. The molecule has 0 saturated heterocycles. The number of benzene rings is 2. The lowest BCUT2D eigenvalue weighted by Crippen LogP contribution is -2.42. The number of rotatable bonds is 4. The Morgan fingerprint density at radius 1 is 1.21 bits per heavy atom. The molecule has 1 heterocycles. The Labute approximate surface area is 165 Å². The van der Waals surface area contributed by atoms with Gasteiger partial charge in [0.25, 0.3) is 0 Å². The fourth-order valence-electron chi connectivity index (χ4n) is 4.16. The Hall–Kier alpha value is -2.95. The predicted octanol–water partition coefficient (Wildman–Crippen LogP) is 4.42. The van der Waals surface area contributed by atoms with Crippen LogP contribution < -0.4 is 10.2 Å². The van der Waals surface area contributed by atoms with Crippen LogP contribution in [0.15, 0.2) is 47.5 Å². The van der Waals surface area contributed by atoms with Crippen LogP contribution in [0.5, 0.6) is 0 Å². The summed E-state index contributed by atoms with van der Waals surface area (Å²) in [7, 11) is 0. The lowest BCUT2D eigenvalue weighted by atomic mass is 10.0. The van der Waals surface area contributed by atoms with Crippen molar-refractivity contribution in [1.29, 1.82) is 0 Å². The lowest BCUT2D eigenvalue weighted by Gasteiger charge is -2.24. The zero-order chi connectivity index (χ0) is 19.7. The fraction of sp³-hybridized carbons (Fsp3) is 0.348. The molecule has 1 unspecified atom stereocenters. The maximum absolute atomic E-state index is 13.2. The smallest absolute Gasteiger partial charge is 0.244 e. The van der Waals surface area contributed by atoms with Crippen molar-refractivity contribution in [2.75, 3.05) is 16.8 Å². The summed E-state index contributed by atoms with van der Waals surface area (Å²) in [6, 6.07) is 13.6. The summed E-state index contributed by atoms with van der Waals surface area (Å²) in [6.07, 6.45) is 3.47. The molecule has 1 aliphatic heterocycles. The van der Waals surface area contributed by atoms with Gasteiger partial charge >= 0.3 is 0 Å². The number of hydrogen-bond acceptors (Lipinski definition) is 3. The summed E-state index contributed by atoms with van der Waals surface area (Å²) >= 11 is 0. The minimum atomic E-state index is -0.204. The van der Waals surface area contributed by atoms with E-state index in [1.807, 2.05) is 49.4 Å². The van der Waals surface area contributed by atoms with Crippen molar-refractivity contribution in [2.24, 2.45) is 10.9 Å². The molecule has 0 bridgehead atoms. The van der Waals surface area contributed by atoms with E-state index in [-0.39, 0.29) is 24.3 Å². The Balaban J connectivity index is 1.62. The molecule has 1 N–H and O–H groups in total. The fourth-order valence-corrected chi connectivity index (χ4v) is 4.16. The molecule has 2 aromatic carbocycles. The van der Waals surface area contributed by atoms with E-state index in [0.717, 1.165) is 53.9 Å². The number of amides is 2. The van der Waals surface area contributed by atoms with Crippen molar-refractivity contribution >= 4 is 34.6 Å². The van der Waals surface area contributed by atoms with Gasteiger partial charge in [-0.25, -0.2) is 0 Å². The van der Waals surface area contributed by atoms with Crippen LogP contribution >= 0.6 is 0 Å². The highest BCUT2D eigenvalue weighted by Crippen LogP contribution is 2.37. The van der Waals surface area contributed by atoms with E-state index in [1.165, 1.54) is 0 Å². The van der Waals surface area contributed by atoms with Crippen LogP contribution in [-0.2, 0) is 16.0 Å². The van der Waals surface area contributed by atoms with Crippen molar-refractivity contribution in [1.82, 2.24) is 0 Å². The van der Waals surface area contributed by atoms with Crippen LogP contribution in [0, 0.1) is 12.8 Å². The molecule has 1 fully saturated rings. The molecule has 1 aliphatic carbocycles. The molecule has 1 saturated carbocycles. The zero-order valence-electron chi connectivity index (χ0n) is 16.4. The van der Waals surface area contributed by atoms with E-state index in [2.05, 4.69) is 12.2 Å². The van der Waals surface area contributed by atoms with Crippen LogP contribution in [0.3, 0.4) is 0 Å². The molecule has 1 atom stereocenters. The number of carbonyl (C=O) groups is 2. The van der Waals surface area contributed by atoms with Crippen LogP contribution in [0.2, 0.25) is 0 Å². The van der Waals surface area contributed by atoms with E-state index < -0.39 is 0 Å². The standard InChI is InChI=1S/C23H25N3O2/c1-3-16-9-6-8-15(2)22(16)25-21(27)14-26-20-13-5-4-11-19(20)24-18-12-7-10-17(18)23(26)28/h4-6,8-9,11,13,17H,3,7,10,12,14H2,1-2H3,(H,25,27). The number of aliphatic imine (C=N–C) groups is 1. The van der Waals surface area contributed by atoms with Gasteiger partial charge in [-0.15, -0.1) is 0 Å². The molecule has 0 spiro atoms. The van der Waals surface area contributed by atoms with Gasteiger partial charge in [0.1, 0.15) is 6.54 Å². The van der Waals surface area contributed by atoms with Crippen molar-refractivity contribution in [3.63, 3.8) is 0 Å². The summed E-state index contributed by atoms with van der Waals surface area (Å²) in [6.45, 7) is 4.05. The number of nitrogens with one attached hydrogen (secondary N) is 1. The lowest BCUT2D eigenvalue weighted by molar-refractivity contribution is -0.122. The summed E-state index contributed by atoms with van der Waals surface area (Å²) < 4.78 is 0. The second-order valence-electron chi connectivity index (χ2n) is 7.47. The highest BCUT2D eigenvalue weighted by Gasteiger charge is 2.37. The Kier molecular flexibility index (Phi) is 4.99. The first-order valence-corrected chi connectivity index (χ1v) is 9.94. The van der Waals surface area contributed by atoms with Gasteiger partial charge in [-0.2, -0.15) is 0 Å². The number of nitrogens with zero attached hydrogens (tertiary/aromatic N) is 2. The number of hydrogen-bond donors (Lipinski definition) is 1. The van der Waals surface area contributed by atoms with Crippen LogP contribution in [0.1, 0.15) is 37.3 Å². The van der Waals surface area contributed by atoms with Gasteiger partial charge in [0.05, 0.1) is 17.3 Å². The van der Waals surface area contributed by atoms with Gasteiger partial charge in [-0.3, -0.25) is 14.6 Å². The SMILES string of the molecule is CCc1cccc(C)c1NC(=O)CN1C(=O)C2CCCC2=Nc2ccccc21. The van der Waals surface area contributed by atoms with E-state index >= 15 is 0 Å². The first-order valence-electron chi connectivity index (χ1n) is 9.94. The van der Waals surface area contributed by atoms with Crippen molar-refractivity contribution in [3.05, 3.63) is 53.6 Å². The maximum atomic E-state index is 13.2. The summed E-state index contributed by atoms with van der Waals surface area (Å²) in [5, 5.41) is 3.04.